The Kier molecular flexibility index (Phi) is 6.72. The van der Waals surface area contributed by atoms with Gasteiger partial charge in [-0.15, -0.1) is 0 Å². The van der Waals surface area contributed by atoms with Crippen molar-refractivity contribution in [1.82, 2.24) is 20.1 Å². The quantitative estimate of drug-likeness (QED) is 0.240. The highest BCUT2D eigenvalue weighted by molar-refractivity contribution is 6.33. The molecule has 1 atom stereocenters. The predicted octanol–water partition coefficient (Wildman–Crippen LogP) is 5.35. The van der Waals surface area contributed by atoms with E-state index in [1.54, 1.807) is 0 Å². The Morgan fingerprint density at radius 3 is 2.55 bits per heavy atom. The van der Waals surface area contributed by atoms with Crippen molar-refractivity contribution in [2.45, 2.75) is 71.1 Å². The Hall–Kier alpha value is -4.66. The predicted molar refractivity (Wildman–Crippen MR) is 168 cm³/mol. The minimum atomic E-state index is -0.628. The first-order valence-corrected chi connectivity index (χ1v) is 15.4. The lowest BCUT2D eigenvalue weighted by molar-refractivity contribution is -0.125. The van der Waals surface area contributed by atoms with E-state index in [4.69, 9.17) is 4.74 Å². The van der Waals surface area contributed by atoms with E-state index in [1.807, 2.05) is 57.2 Å². The van der Waals surface area contributed by atoms with Crippen LogP contribution in [-0.4, -0.2) is 58.0 Å². The second kappa shape index (κ2) is 10.5. The van der Waals surface area contributed by atoms with Crippen LogP contribution in [-0.2, 0) is 28.9 Å². The average molecular weight is 593 g/mol. The number of amides is 4. The van der Waals surface area contributed by atoms with E-state index in [0.29, 0.717) is 50.0 Å². The highest BCUT2D eigenvalue weighted by Gasteiger charge is 2.39. The maximum Gasteiger partial charge on any atom is 0.410 e. The van der Waals surface area contributed by atoms with Crippen molar-refractivity contribution in [2.24, 2.45) is 0 Å². The molecule has 9 heteroatoms. The normalized spacial score (nSPS) is 17.4. The molecule has 3 aliphatic rings. The van der Waals surface area contributed by atoms with Crippen LogP contribution in [0.5, 0.6) is 0 Å². The Morgan fingerprint density at radius 2 is 1.73 bits per heavy atom. The molecular formula is C35H36N4O5. The number of benzene rings is 3. The van der Waals surface area contributed by atoms with Crippen LogP contribution in [0.25, 0.3) is 32.9 Å². The standard InChI is InChI=1S/C35H36N4O5/c1-35(2,3)44-34(43)39-18-8-14-25(39)31(40)36-17-9-19-38-24-13-7-6-12-22(24)27-29-28(32(41)37-33(29)42)23-16-15-20-10-4-5-11-21(20)26(23)30(27)38/h4-7,10-13,25H,8-9,14-19H2,1-3H3,(H,36,40)(H,37,41,42). The van der Waals surface area contributed by atoms with Gasteiger partial charge in [0.15, 0.2) is 0 Å². The van der Waals surface area contributed by atoms with Crippen LogP contribution in [0.1, 0.15) is 71.9 Å². The number of hydrogen-bond acceptors (Lipinski definition) is 5. The van der Waals surface area contributed by atoms with Gasteiger partial charge in [0.25, 0.3) is 11.8 Å². The van der Waals surface area contributed by atoms with Crippen LogP contribution >= 0.6 is 0 Å². The van der Waals surface area contributed by atoms with E-state index >= 15 is 0 Å². The van der Waals surface area contributed by atoms with Gasteiger partial charge in [-0.05, 0) is 75.6 Å². The summed E-state index contributed by atoms with van der Waals surface area (Å²) >= 11 is 0. The summed E-state index contributed by atoms with van der Waals surface area (Å²) in [6.45, 7) is 6.97. The summed E-state index contributed by atoms with van der Waals surface area (Å²) in [6, 6.07) is 15.8. The lowest BCUT2D eigenvalue weighted by atomic mass is 9.80. The molecule has 3 heterocycles. The van der Waals surface area contributed by atoms with Crippen molar-refractivity contribution in [3.63, 3.8) is 0 Å². The summed E-state index contributed by atoms with van der Waals surface area (Å²) < 4.78 is 7.78. The largest absolute Gasteiger partial charge is 0.444 e. The number of carbonyl (C=O) groups is 4. The number of aryl methyl sites for hydroxylation is 2. The molecular weight excluding hydrogens is 556 g/mol. The molecule has 0 radical (unpaired) electrons. The first kappa shape index (κ1) is 28.1. The van der Waals surface area contributed by atoms with Gasteiger partial charge in [0.2, 0.25) is 5.91 Å². The van der Waals surface area contributed by atoms with E-state index < -0.39 is 17.7 Å². The summed E-state index contributed by atoms with van der Waals surface area (Å²) in [7, 11) is 0. The molecule has 1 unspecified atom stereocenters. The van der Waals surface area contributed by atoms with Crippen molar-refractivity contribution in [3.05, 3.63) is 70.8 Å². The SMILES string of the molecule is CC(C)(C)OC(=O)N1CCCC1C(=O)NCCCn1c2ccccc2c2c3c(c4c(c21)-c1ccccc1CC4)C(=O)NC3=O. The van der Waals surface area contributed by atoms with Crippen molar-refractivity contribution < 1.29 is 23.9 Å². The molecule has 1 aliphatic carbocycles. The minimum absolute atomic E-state index is 0.171. The molecule has 2 aliphatic heterocycles. The highest BCUT2D eigenvalue weighted by atomic mass is 16.6. The number of carbonyl (C=O) groups excluding carboxylic acids is 4. The van der Waals surface area contributed by atoms with E-state index in [-0.39, 0.29) is 17.7 Å². The number of imide groups is 1. The zero-order valence-corrected chi connectivity index (χ0v) is 25.3. The molecule has 226 valence electrons. The monoisotopic (exact) mass is 592 g/mol. The zero-order chi connectivity index (χ0) is 30.7. The first-order valence-electron chi connectivity index (χ1n) is 15.4. The third-order valence-electron chi connectivity index (χ3n) is 8.96. The minimum Gasteiger partial charge on any atom is -0.444 e. The molecule has 0 saturated carbocycles. The molecule has 3 aromatic carbocycles. The van der Waals surface area contributed by atoms with Gasteiger partial charge in [-0.2, -0.15) is 0 Å². The molecule has 1 fully saturated rings. The van der Waals surface area contributed by atoms with Gasteiger partial charge >= 0.3 is 6.09 Å². The summed E-state index contributed by atoms with van der Waals surface area (Å²) in [6.07, 6.45) is 3.02. The van der Waals surface area contributed by atoms with Crippen LogP contribution < -0.4 is 10.6 Å². The molecule has 7 rings (SSSR count). The smallest absolute Gasteiger partial charge is 0.410 e. The van der Waals surface area contributed by atoms with Gasteiger partial charge in [-0.25, -0.2) is 4.79 Å². The number of nitrogens with zero attached hydrogens (tertiary/aromatic N) is 2. The Balaban J connectivity index is 1.23. The van der Waals surface area contributed by atoms with Gasteiger partial charge in [0, 0.05) is 41.5 Å². The maximum absolute atomic E-state index is 13.3. The highest BCUT2D eigenvalue weighted by Crippen LogP contribution is 2.47. The van der Waals surface area contributed by atoms with Crippen molar-refractivity contribution >= 4 is 45.6 Å². The van der Waals surface area contributed by atoms with Gasteiger partial charge in [-0.1, -0.05) is 42.5 Å². The lowest BCUT2D eigenvalue weighted by Gasteiger charge is -2.28. The topological polar surface area (TPSA) is 110 Å². The van der Waals surface area contributed by atoms with Crippen LogP contribution in [0.15, 0.2) is 48.5 Å². The van der Waals surface area contributed by atoms with Crippen LogP contribution in [0.3, 0.4) is 0 Å². The van der Waals surface area contributed by atoms with Crippen LogP contribution in [0.2, 0.25) is 0 Å². The van der Waals surface area contributed by atoms with E-state index in [1.165, 1.54) is 10.5 Å². The summed E-state index contributed by atoms with van der Waals surface area (Å²) in [5.41, 5.74) is 6.54. The number of fused-ring (bicyclic) bond motifs is 10. The molecule has 4 aromatic rings. The number of aromatic nitrogens is 1. The van der Waals surface area contributed by atoms with Crippen LogP contribution in [0.4, 0.5) is 4.79 Å². The average Bonchev–Trinajstić information content (AvgIpc) is 3.69. The van der Waals surface area contributed by atoms with Crippen molar-refractivity contribution in [3.8, 4) is 11.1 Å². The van der Waals surface area contributed by atoms with Crippen molar-refractivity contribution in [1.29, 1.82) is 0 Å². The van der Waals surface area contributed by atoms with E-state index in [0.717, 1.165) is 51.3 Å². The van der Waals surface area contributed by atoms with E-state index in [2.05, 4.69) is 27.3 Å². The Labute approximate surface area is 255 Å². The second-order valence-electron chi connectivity index (χ2n) is 12.9. The molecule has 0 bridgehead atoms. The van der Waals surface area contributed by atoms with Gasteiger partial charge in [-0.3, -0.25) is 24.6 Å². The first-order chi connectivity index (χ1) is 21.1. The third kappa shape index (κ3) is 4.53. The Morgan fingerprint density at radius 1 is 0.977 bits per heavy atom. The molecule has 2 N–H and O–H groups in total. The Bertz CT molecular complexity index is 1880. The van der Waals surface area contributed by atoms with Crippen LogP contribution in [0, 0.1) is 0 Å². The number of para-hydroxylation sites is 1. The molecule has 1 aromatic heterocycles. The lowest BCUT2D eigenvalue weighted by Crippen LogP contribution is -2.47. The molecule has 44 heavy (non-hydrogen) atoms. The third-order valence-corrected chi connectivity index (χ3v) is 8.96. The van der Waals surface area contributed by atoms with E-state index in [9.17, 15) is 19.2 Å². The fourth-order valence-corrected chi connectivity index (χ4v) is 7.23. The number of likely N-dealkylation sites (tertiary alicyclic amines) is 1. The molecule has 0 spiro atoms. The maximum atomic E-state index is 13.3. The summed E-state index contributed by atoms with van der Waals surface area (Å²) in [5, 5.41) is 7.35. The summed E-state index contributed by atoms with van der Waals surface area (Å²) in [5.74, 6) is -0.845. The van der Waals surface area contributed by atoms with Gasteiger partial charge in [0.1, 0.15) is 11.6 Å². The van der Waals surface area contributed by atoms with Crippen molar-refractivity contribution in [2.75, 3.05) is 13.1 Å². The fourth-order valence-electron chi connectivity index (χ4n) is 7.23. The second-order valence-corrected chi connectivity index (χ2v) is 12.9. The molecule has 9 nitrogen and oxygen atoms in total. The number of rotatable bonds is 5. The number of ether oxygens (including phenoxy) is 1. The number of hydrogen-bond donors (Lipinski definition) is 2. The molecule has 4 amide bonds. The number of nitrogens with one attached hydrogen (secondary N) is 2. The fraction of sp³-hybridized carbons (Fsp3) is 0.371. The molecule has 1 saturated heterocycles. The van der Waals surface area contributed by atoms with Gasteiger partial charge < -0.3 is 14.6 Å². The van der Waals surface area contributed by atoms with Gasteiger partial charge in [0.05, 0.1) is 16.6 Å². The zero-order valence-electron chi connectivity index (χ0n) is 25.3. The summed E-state index contributed by atoms with van der Waals surface area (Å²) in [4.78, 5) is 53.8.